The molecule has 1 N–H and O–H groups in total. The molecule has 0 saturated carbocycles. The van der Waals surface area contributed by atoms with Gasteiger partial charge >= 0.3 is 0 Å². The molecule has 4 nitrogen and oxygen atoms in total. The third-order valence-corrected chi connectivity index (χ3v) is 7.35. The number of sulfonamides is 1. The third-order valence-electron chi connectivity index (χ3n) is 5.15. The number of aromatic nitrogens is 1. The van der Waals surface area contributed by atoms with Gasteiger partial charge in [-0.1, -0.05) is 48.9 Å². The van der Waals surface area contributed by atoms with E-state index in [0.29, 0.717) is 29.4 Å². The first-order valence-corrected chi connectivity index (χ1v) is 10.9. The molecular weight excluding hydrogens is 380 g/mol. The Morgan fingerprint density at radius 2 is 1.93 bits per heavy atom. The number of hydrogen-bond donors (Lipinski definition) is 1. The van der Waals surface area contributed by atoms with Gasteiger partial charge in [-0.2, -0.15) is 4.31 Å². The van der Waals surface area contributed by atoms with Crippen molar-refractivity contribution < 1.29 is 8.42 Å². The number of fused-ring (bicyclic) bond motifs is 1. The Kier molecular flexibility index (Phi) is 4.84. The van der Waals surface area contributed by atoms with Crippen LogP contribution in [-0.4, -0.2) is 30.8 Å². The minimum atomic E-state index is -3.47. The zero-order valence-electron chi connectivity index (χ0n) is 15.1. The first kappa shape index (κ1) is 18.3. The number of H-pyrrole nitrogens is 1. The van der Waals surface area contributed by atoms with Crippen LogP contribution in [0.4, 0.5) is 0 Å². The van der Waals surface area contributed by atoms with Crippen molar-refractivity contribution in [3.05, 3.63) is 70.9 Å². The second-order valence-corrected chi connectivity index (χ2v) is 9.05. The fraction of sp³-hybridized carbons (Fsp3) is 0.238. The van der Waals surface area contributed by atoms with E-state index in [1.807, 2.05) is 42.6 Å². The summed E-state index contributed by atoms with van der Waals surface area (Å²) in [6.45, 7) is 2.90. The average Bonchev–Trinajstić information content (AvgIpc) is 3.14. The van der Waals surface area contributed by atoms with E-state index in [-0.39, 0.29) is 0 Å². The van der Waals surface area contributed by atoms with Crippen molar-refractivity contribution in [1.29, 1.82) is 0 Å². The van der Waals surface area contributed by atoms with Crippen LogP contribution < -0.4 is 0 Å². The van der Waals surface area contributed by atoms with Crippen LogP contribution in [0.5, 0.6) is 0 Å². The number of rotatable bonds is 4. The Morgan fingerprint density at radius 3 is 2.59 bits per heavy atom. The number of nitrogens with one attached hydrogen (secondary N) is 1. The van der Waals surface area contributed by atoms with Crippen LogP contribution in [0.3, 0.4) is 0 Å². The van der Waals surface area contributed by atoms with E-state index in [0.717, 1.165) is 34.0 Å². The van der Waals surface area contributed by atoms with E-state index < -0.39 is 10.0 Å². The molecule has 0 unspecified atom stereocenters. The van der Waals surface area contributed by atoms with Gasteiger partial charge in [-0.15, -0.1) is 0 Å². The quantitative estimate of drug-likeness (QED) is 0.679. The Hall–Kier alpha value is -2.08. The van der Waals surface area contributed by atoms with Crippen molar-refractivity contribution in [2.75, 3.05) is 13.1 Å². The fourth-order valence-corrected chi connectivity index (χ4v) is 5.15. The highest BCUT2D eigenvalue weighted by atomic mass is 35.5. The molecule has 0 spiro atoms. The standard InChI is InChI=1S/C21H21ClN2O2S/c1-2-15-6-8-17(9-7-15)27(25,26)24-12-10-16(11-13-24)19-14-23-21-18(19)4-3-5-20(21)22/h3-10,14,23H,2,11-13H2,1H3. The van der Waals surface area contributed by atoms with Crippen LogP contribution in [0.15, 0.2) is 59.6 Å². The highest BCUT2D eigenvalue weighted by Gasteiger charge is 2.27. The van der Waals surface area contributed by atoms with Gasteiger partial charge in [0.1, 0.15) is 0 Å². The first-order valence-electron chi connectivity index (χ1n) is 9.05. The minimum Gasteiger partial charge on any atom is -0.359 e. The topological polar surface area (TPSA) is 53.2 Å². The van der Waals surface area contributed by atoms with Crippen LogP contribution in [0.1, 0.15) is 24.5 Å². The van der Waals surface area contributed by atoms with E-state index in [1.165, 1.54) is 0 Å². The molecule has 1 aliphatic heterocycles. The summed E-state index contributed by atoms with van der Waals surface area (Å²) in [5.74, 6) is 0. The molecule has 2 aromatic carbocycles. The monoisotopic (exact) mass is 400 g/mol. The normalized spacial score (nSPS) is 15.9. The number of nitrogens with zero attached hydrogens (tertiary/aromatic N) is 1. The van der Waals surface area contributed by atoms with Crippen molar-refractivity contribution in [3.63, 3.8) is 0 Å². The number of halogens is 1. The molecule has 0 amide bonds. The molecule has 0 atom stereocenters. The van der Waals surface area contributed by atoms with Gasteiger partial charge in [0.15, 0.2) is 0 Å². The van der Waals surface area contributed by atoms with Crippen LogP contribution in [0, 0.1) is 0 Å². The molecule has 0 fully saturated rings. The van der Waals surface area contributed by atoms with Gasteiger partial charge in [-0.05, 0) is 42.2 Å². The molecule has 0 saturated heterocycles. The molecule has 140 valence electrons. The lowest BCUT2D eigenvalue weighted by molar-refractivity contribution is 0.441. The molecule has 6 heteroatoms. The van der Waals surface area contributed by atoms with Gasteiger partial charge in [-0.25, -0.2) is 8.42 Å². The lowest BCUT2D eigenvalue weighted by atomic mass is 10.00. The lowest BCUT2D eigenvalue weighted by Gasteiger charge is -2.26. The van der Waals surface area contributed by atoms with E-state index in [9.17, 15) is 8.42 Å². The molecule has 2 heterocycles. The number of hydrogen-bond acceptors (Lipinski definition) is 2. The van der Waals surface area contributed by atoms with E-state index >= 15 is 0 Å². The zero-order chi connectivity index (χ0) is 19.0. The molecule has 3 aromatic rings. The van der Waals surface area contributed by atoms with E-state index in [1.54, 1.807) is 16.4 Å². The summed E-state index contributed by atoms with van der Waals surface area (Å²) >= 11 is 6.24. The minimum absolute atomic E-state index is 0.357. The summed E-state index contributed by atoms with van der Waals surface area (Å²) in [6, 6.07) is 13.0. The molecule has 0 bridgehead atoms. The second-order valence-electron chi connectivity index (χ2n) is 6.70. The largest absolute Gasteiger partial charge is 0.359 e. The van der Waals surface area contributed by atoms with Gasteiger partial charge in [0.25, 0.3) is 0 Å². The highest BCUT2D eigenvalue weighted by Crippen LogP contribution is 2.33. The van der Waals surface area contributed by atoms with E-state index in [2.05, 4.69) is 11.9 Å². The molecule has 0 radical (unpaired) electrons. The maximum absolute atomic E-state index is 12.9. The number of aromatic amines is 1. The summed E-state index contributed by atoms with van der Waals surface area (Å²) < 4.78 is 27.4. The van der Waals surface area contributed by atoms with Crippen molar-refractivity contribution >= 4 is 38.1 Å². The van der Waals surface area contributed by atoms with Crippen molar-refractivity contribution in [1.82, 2.24) is 9.29 Å². The van der Waals surface area contributed by atoms with Crippen molar-refractivity contribution in [2.24, 2.45) is 0 Å². The SMILES string of the molecule is CCc1ccc(S(=O)(=O)N2CC=C(c3c[nH]c4c(Cl)cccc34)CC2)cc1. The van der Waals surface area contributed by atoms with Gasteiger partial charge in [0, 0.05) is 30.2 Å². The molecule has 0 aliphatic carbocycles. The fourth-order valence-electron chi connectivity index (χ4n) is 3.54. The van der Waals surface area contributed by atoms with Crippen molar-refractivity contribution in [3.8, 4) is 0 Å². The predicted octanol–water partition coefficient (Wildman–Crippen LogP) is 4.86. The number of para-hydroxylation sites is 1. The molecule has 4 rings (SSSR count). The summed E-state index contributed by atoms with van der Waals surface area (Å²) in [7, 11) is -3.47. The smallest absolute Gasteiger partial charge is 0.243 e. The van der Waals surface area contributed by atoms with E-state index in [4.69, 9.17) is 11.6 Å². The second kappa shape index (κ2) is 7.15. The number of benzene rings is 2. The Balaban J connectivity index is 1.59. The Morgan fingerprint density at radius 1 is 1.15 bits per heavy atom. The summed E-state index contributed by atoms with van der Waals surface area (Å²) in [5.41, 5.74) is 4.29. The molecule has 1 aliphatic rings. The van der Waals surface area contributed by atoms with Crippen LogP contribution >= 0.6 is 11.6 Å². The summed E-state index contributed by atoms with van der Waals surface area (Å²) in [5, 5.41) is 1.76. The third kappa shape index (κ3) is 3.31. The van der Waals surface area contributed by atoms with Gasteiger partial charge in [-0.3, -0.25) is 0 Å². The molecule has 1 aromatic heterocycles. The summed E-state index contributed by atoms with van der Waals surface area (Å²) in [6.07, 6.45) is 5.53. The molecule has 27 heavy (non-hydrogen) atoms. The van der Waals surface area contributed by atoms with Gasteiger partial charge in [0.2, 0.25) is 10.0 Å². The summed E-state index contributed by atoms with van der Waals surface area (Å²) in [4.78, 5) is 3.58. The van der Waals surface area contributed by atoms with Crippen LogP contribution in [-0.2, 0) is 16.4 Å². The van der Waals surface area contributed by atoms with Crippen LogP contribution in [0.2, 0.25) is 5.02 Å². The van der Waals surface area contributed by atoms with Gasteiger partial charge in [0.05, 0.1) is 15.4 Å². The highest BCUT2D eigenvalue weighted by molar-refractivity contribution is 7.89. The predicted molar refractivity (Wildman–Crippen MR) is 110 cm³/mol. The van der Waals surface area contributed by atoms with Crippen molar-refractivity contribution in [2.45, 2.75) is 24.7 Å². The molecular formula is C21H21ClN2O2S. The average molecular weight is 401 g/mol. The van der Waals surface area contributed by atoms with Gasteiger partial charge < -0.3 is 4.98 Å². The Labute approximate surface area is 164 Å². The first-order chi connectivity index (χ1) is 13.0. The maximum Gasteiger partial charge on any atom is 0.243 e. The van der Waals surface area contributed by atoms with Crippen LogP contribution in [0.25, 0.3) is 16.5 Å². The Bertz CT molecular complexity index is 1110. The lowest BCUT2D eigenvalue weighted by Crippen LogP contribution is -2.34. The number of aryl methyl sites for hydroxylation is 1. The zero-order valence-corrected chi connectivity index (χ0v) is 16.6. The maximum atomic E-state index is 12.9.